The third kappa shape index (κ3) is 2.73. The van der Waals surface area contributed by atoms with Gasteiger partial charge in [0.05, 0.1) is 6.10 Å². The molecule has 0 bridgehead atoms. The van der Waals surface area contributed by atoms with Crippen LogP contribution in [0, 0.1) is 0 Å². The summed E-state index contributed by atoms with van der Waals surface area (Å²) in [5.74, 6) is 0. The average Bonchev–Trinajstić information content (AvgIpc) is 2.06. The minimum atomic E-state index is -0.369. The third-order valence-corrected chi connectivity index (χ3v) is 2.54. The molecule has 2 atom stereocenters. The van der Waals surface area contributed by atoms with Gasteiger partial charge in [-0.2, -0.15) is 0 Å². The van der Waals surface area contributed by atoms with Crippen molar-refractivity contribution in [3.05, 3.63) is 23.8 Å². The summed E-state index contributed by atoms with van der Waals surface area (Å²) < 4.78 is 0. The van der Waals surface area contributed by atoms with Gasteiger partial charge in [-0.15, -0.1) is 0 Å². The van der Waals surface area contributed by atoms with E-state index in [0.717, 1.165) is 12.0 Å². The number of nitrogens with one attached hydrogen (secondary N) is 1. The molecule has 12 heavy (non-hydrogen) atoms. The maximum atomic E-state index is 9.56. The van der Waals surface area contributed by atoms with Gasteiger partial charge in [0.25, 0.3) is 0 Å². The Kier molecular flexibility index (Phi) is 3.98. The van der Waals surface area contributed by atoms with E-state index in [-0.39, 0.29) is 6.10 Å². The molecule has 0 aromatic heterocycles. The van der Waals surface area contributed by atoms with Gasteiger partial charge in [0.1, 0.15) is 0 Å². The zero-order valence-electron chi connectivity index (χ0n) is 7.13. The van der Waals surface area contributed by atoms with Crippen LogP contribution >= 0.6 is 15.9 Å². The van der Waals surface area contributed by atoms with E-state index in [0.29, 0.717) is 11.4 Å². The lowest BCUT2D eigenvalue weighted by atomic mass is 10.0. The lowest BCUT2D eigenvalue weighted by Crippen LogP contribution is -2.25. The molecule has 0 saturated heterocycles. The van der Waals surface area contributed by atoms with Gasteiger partial charge < -0.3 is 10.4 Å². The van der Waals surface area contributed by atoms with Crippen LogP contribution in [0.15, 0.2) is 23.8 Å². The first-order valence-corrected chi connectivity index (χ1v) is 5.00. The first-order chi connectivity index (χ1) is 5.74. The lowest BCUT2D eigenvalue weighted by Gasteiger charge is -2.15. The highest BCUT2D eigenvalue weighted by molar-refractivity contribution is 9.09. The number of hydrogen-bond donors (Lipinski definition) is 2. The zero-order valence-corrected chi connectivity index (χ0v) is 8.71. The zero-order chi connectivity index (χ0) is 8.97. The van der Waals surface area contributed by atoms with Crippen molar-refractivity contribution in [3.63, 3.8) is 0 Å². The Hall–Kier alpha value is -0.120. The van der Waals surface area contributed by atoms with Crippen LogP contribution in [0.2, 0.25) is 0 Å². The van der Waals surface area contributed by atoms with Crippen LogP contribution in [0.25, 0.3) is 0 Å². The first kappa shape index (κ1) is 9.96. The second-order valence-electron chi connectivity index (χ2n) is 2.89. The summed E-state index contributed by atoms with van der Waals surface area (Å²) in [5.41, 5.74) is 1.01. The fourth-order valence-corrected chi connectivity index (χ4v) is 1.51. The van der Waals surface area contributed by atoms with Crippen LogP contribution < -0.4 is 5.32 Å². The summed E-state index contributed by atoms with van der Waals surface area (Å²) >= 11 is 3.48. The predicted molar refractivity (Wildman–Crippen MR) is 54.5 cm³/mol. The molecule has 2 N–H and O–H groups in total. The topological polar surface area (TPSA) is 32.3 Å². The van der Waals surface area contributed by atoms with E-state index in [1.54, 1.807) is 0 Å². The van der Waals surface area contributed by atoms with Gasteiger partial charge in [-0.25, -0.2) is 0 Å². The number of halogens is 1. The summed E-state index contributed by atoms with van der Waals surface area (Å²) in [6, 6.07) is 0. The van der Waals surface area contributed by atoms with Crippen molar-refractivity contribution >= 4 is 15.9 Å². The maximum Gasteiger partial charge on any atom is 0.0911 e. The molecule has 0 amide bonds. The number of aliphatic hydroxyl groups is 1. The summed E-state index contributed by atoms with van der Waals surface area (Å²) in [6.07, 6.45) is 6.71. The number of aliphatic hydroxyl groups excluding tert-OH is 1. The molecular formula is C9H14BrNO. The summed E-state index contributed by atoms with van der Waals surface area (Å²) in [5, 5.41) is 12.5. The largest absolute Gasteiger partial charge is 0.387 e. The second-order valence-corrected chi connectivity index (χ2v) is 4.06. The molecule has 0 heterocycles. The quantitative estimate of drug-likeness (QED) is 0.717. The van der Waals surface area contributed by atoms with E-state index in [9.17, 15) is 5.11 Å². The molecule has 2 nitrogen and oxygen atoms in total. The Morgan fingerprint density at radius 2 is 2.58 bits per heavy atom. The standard InChI is InChI=1S/C9H14BrNO/c1-11-6-9(12)7-2-4-8(10)5-3-7/h2-4,8-9,11-12H,5-6H2,1H3. The molecule has 1 aliphatic rings. The van der Waals surface area contributed by atoms with E-state index >= 15 is 0 Å². The van der Waals surface area contributed by atoms with Gasteiger partial charge in [-0.3, -0.25) is 0 Å². The minimum Gasteiger partial charge on any atom is -0.387 e. The molecular weight excluding hydrogens is 218 g/mol. The molecule has 0 aromatic carbocycles. The molecule has 0 radical (unpaired) electrons. The summed E-state index contributed by atoms with van der Waals surface area (Å²) in [7, 11) is 1.84. The van der Waals surface area contributed by atoms with Crippen LogP contribution in [0.3, 0.4) is 0 Å². The van der Waals surface area contributed by atoms with E-state index in [1.807, 2.05) is 13.1 Å². The van der Waals surface area contributed by atoms with Crippen LogP contribution in [0.4, 0.5) is 0 Å². The number of rotatable bonds is 3. The Morgan fingerprint density at radius 3 is 3.08 bits per heavy atom. The fraction of sp³-hybridized carbons (Fsp3) is 0.556. The van der Waals surface area contributed by atoms with Gasteiger partial charge in [-0.1, -0.05) is 34.2 Å². The Balaban J connectivity index is 2.48. The molecule has 68 valence electrons. The average molecular weight is 232 g/mol. The van der Waals surface area contributed by atoms with Crippen LogP contribution in [0.1, 0.15) is 6.42 Å². The van der Waals surface area contributed by atoms with Crippen LogP contribution in [-0.2, 0) is 0 Å². The lowest BCUT2D eigenvalue weighted by molar-refractivity contribution is 0.213. The second kappa shape index (κ2) is 4.80. The first-order valence-electron chi connectivity index (χ1n) is 4.09. The van der Waals surface area contributed by atoms with Crippen molar-refractivity contribution < 1.29 is 5.11 Å². The van der Waals surface area contributed by atoms with E-state index in [4.69, 9.17) is 0 Å². The minimum absolute atomic E-state index is 0.369. The van der Waals surface area contributed by atoms with Gasteiger partial charge in [0.2, 0.25) is 0 Å². The molecule has 3 heteroatoms. The van der Waals surface area contributed by atoms with Crippen LogP contribution in [0.5, 0.6) is 0 Å². The highest BCUT2D eigenvalue weighted by atomic mass is 79.9. The molecule has 0 saturated carbocycles. The summed E-state index contributed by atoms with van der Waals surface area (Å²) in [4.78, 5) is 0.433. The Labute approximate surface area is 81.5 Å². The van der Waals surface area contributed by atoms with E-state index in [1.165, 1.54) is 0 Å². The number of likely N-dealkylation sites (N-methyl/N-ethyl adjacent to an activating group) is 1. The molecule has 0 aliphatic heterocycles. The normalized spacial score (nSPS) is 25.2. The molecule has 1 rings (SSSR count). The van der Waals surface area contributed by atoms with Crippen molar-refractivity contribution in [2.75, 3.05) is 13.6 Å². The summed E-state index contributed by atoms with van der Waals surface area (Å²) in [6.45, 7) is 0.614. The van der Waals surface area contributed by atoms with Crippen molar-refractivity contribution in [1.82, 2.24) is 5.32 Å². The highest BCUT2D eigenvalue weighted by Crippen LogP contribution is 2.18. The van der Waals surface area contributed by atoms with E-state index in [2.05, 4.69) is 33.4 Å². The maximum absolute atomic E-state index is 9.56. The molecule has 0 aromatic rings. The van der Waals surface area contributed by atoms with Crippen LogP contribution in [-0.4, -0.2) is 29.6 Å². The molecule has 2 unspecified atom stereocenters. The smallest absolute Gasteiger partial charge is 0.0911 e. The number of hydrogen-bond acceptors (Lipinski definition) is 2. The number of allylic oxidation sites excluding steroid dienone is 2. The molecule has 1 aliphatic carbocycles. The Bertz CT molecular complexity index is 201. The highest BCUT2D eigenvalue weighted by Gasteiger charge is 2.11. The van der Waals surface area contributed by atoms with Crippen molar-refractivity contribution in [3.8, 4) is 0 Å². The third-order valence-electron chi connectivity index (χ3n) is 1.86. The Morgan fingerprint density at radius 1 is 1.83 bits per heavy atom. The molecule has 0 fully saturated rings. The van der Waals surface area contributed by atoms with Gasteiger partial charge >= 0.3 is 0 Å². The SMILES string of the molecule is CNCC(O)C1=CCC(Br)C=C1. The molecule has 0 spiro atoms. The fourth-order valence-electron chi connectivity index (χ4n) is 1.17. The van der Waals surface area contributed by atoms with Gasteiger partial charge in [0.15, 0.2) is 0 Å². The predicted octanol–water partition coefficient (Wildman–Crippen LogP) is 1.22. The van der Waals surface area contributed by atoms with Crippen molar-refractivity contribution in [2.24, 2.45) is 0 Å². The van der Waals surface area contributed by atoms with Gasteiger partial charge in [-0.05, 0) is 19.0 Å². The van der Waals surface area contributed by atoms with E-state index < -0.39 is 0 Å². The number of alkyl halides is 1. The van der Waals surface area contributed by atoms with Gasteiger partial charge in [0, 0.05) is 11.4 Å². The van der Waals surface area contributed by atoms with Crippen molar-refractivity contribution in [2.45, 2.75) is 17.4 Å². The van der Waals surface area contributed by atoms with Crippen molar-refractivity contribution in [1.29, 1.82) is 0 Å². The monoisotopic (exact) mass is 231 g/mol.